The van der Waals surface area contributed by atoms with Crippen molar-refractivity contribution in [2.75, 3.05) is 32.5 Å². The second-order valence-electron chi connectivity index (χ2n) is 6.70. The zero-order valence-electron chi connectivity index (χ0n) is 14.5. The summed E-state index contributed by atoms with van der Waals surface area (Å²) in [5, 5.41) is 5.84. The molecule has 0 heterocycles. The largest absolute Gasteiger partial charge is 0.355 e. The molecule has 0 aromatic heterocycles. The minimum Gasteiger partial charge on any atom is -0.355 e. The van der Waals surface area contributed by atoms with Crippen molar-refractivity contribution in [1.29, 1.82) is 0 Å². The molecule has 0 bridgehead atoms. The van der Waals surface area contributed by atoms with Gasteiger partial charge in [-0.15, -0.1) is 0 Å². The summed E-state index contributed by atoms with van der Waals surface area (Å²) in [7, 11) is 4.00. The van der Waals surface area contributed by atoms with Crippen molar-refractivity contribution in [1.82, 2.24) is 10.2 Å². The van der Waals surface area contributed by atoms with E-state index in [0.717, 1.165) is 29.8 Å². The van der Waals surface area contributed by atoms with Gasteiger partial charge >= 0.3 is 0 Å². The number of hydrogen-bond donors (Lipinski definition) is 2. The van der Waals surface area contributed by atoms with Gasteiger partial charge in [0.2, 0.25) is 11.8 Å². The lowest BCUT2D eigenvalue weighted by Gasteiger charge is -2.17. The highest BCUT2D eigenvalue weighted by molar-refractivity contribution is 6.13. The molecule has 1 aliphatic carbocycles. The molecule has 0 aliphatic heterocycles. The van der Waals surface area contributed by atoms with Crippen LogP contribution in [0.5, 0.6) is 0 Å². The first-order valence-corrected chi connectivity index (χ1v) is 8.17. The van der Waals surface area contributed by atoms with Gasteiger partial charge in [-0.1, -0.05) is 12.1 Å². The maximum Gasteiger partial charge on any atom is 0.240 e. The van der Waals surface area contributed by atoms with E-state index in [1.54, 1.807) is 0 Å². The number of hydrogen-bond acceptors (Lipinski definition) is 3. The summed E-state index contributed by atoms with van der Waals surface area (Å²) in [6.07, 6.45) is 2.14. The van der Waals surface area contributed by atoms with E-state index in [2.05, 4.69) is 15.5 Å². The zero-order valence-corrected chi connectivity index (χ0v) is 14.5. The van der Waals surface area contributed by atoms with E-state index in [1.165, 1.54) is 0 Å². The average molecular weight is 317 g/mol. The Bertz CT molecular complexity index is 592. The molecule has 1 aromatic rings. The lowest BCUT2D eigenvalue weighted by Crippen LogP contribution is -2.40. The third kappa shape index (κ3) is 4.10. The molecule has 5 nitrogen and oxygen atoms in total. The van der Waals surface area contributed by atoms with Gasteiger partial charge in [-0.2, -0.15) is 0 Å². The van der Waals surface area contributed by atoms with Gasteiger partial charge in [0.25, 0.3) is 0 Å². The van der Waals surface area contributed by atoms with E-state index in [-0.39, 0.29) is 11.8 Å². The molecule has 1 fully saturated rings. The standard InChI is InChI=1S/C18H27N3O2/c1-13-7-5-8-15(14(13)2)20-17(23)18(9-10-18)16(22)19-11-6-12-21(3)4/h5,7-8H,6,9-12H2,1-4H3,(H,19,22)(H,20,23). The smallest absolute Gasteiger partial charge is 0.240 e. The molecule has 126 valence electrons. The Hall–Kier alpha value is -1.88. The van der Waals surface area contributed by atoms with Crippen molar-refractivity contribution in [3.8, 4) is 0 Å². The Morgan fingerprint density at radius 2 is 1.87 bits per heavy atom. The molecule has 0 atom stereocenters. The fourth-order valence-corrected chi connectivity index (χ4v) is 2.58. The van der Waals surface area contributed by atoms with Gasteiger partial charge < -0.3 is 15.5 Å². The van der Waals surface area contributed by atoms with Crippen LogP contribution in [0.2, 0.25) is 0 Å². The predicted octanol–water partition coefficient (Wildman–Crippen LogP) is 2.09. The average Bonchev–Trinajstić information content (AvgIpc) is 3.29. The fraction of sp³-hybridized carbons (Fsp3) is 0.556. The van der Waals surface area contributed by atoms with Crippen molar-refractivity contribution in [2.45, 2.75) is 33.1 Å². The molecular weight excluding hydrogens is 290 g/mol. The molecule has 23 heavy (non-hydrogen) atoms. The monoisotopic (exact) mass is 317 g/mol. The summed E-state index contributed by atoms with van der Waals surface area (Å²) < 4.78 is 0. The molecule has 5 heteroatoms. The second kappa shape index (κ2) is 7.13. The third-order valence-electron chi connectivity index (χ3n) is 4.54. The van der Waals surface area contributed by atoms with Crippen LogP contribution >= 0.6 is 0 Å². The van der Waals surface area contributed by atoms with E-state index in [1.807, 2.05) is 46.1 Å². The Labute approximate surface area is 138 Å². The Morgan fingerprint density at radius 1 is 1.17 bits per heavy atom. The van der Waals surface area contributed by atoms with Gasteiger partial charge in [0.1, 0.15) is 5.41 Å². The lowest BCUT2D eigenvalue weighted by atomic mass is 10.0. The van der Waals surface area contributed by atoms with Gasteiger partial charge in [-0.05, 0) is 70.9 Å². The summed E-state index contributed by atoms with van der Waals surface area (Å²) in [5.41, 5.74) is 2.10. The molecule has 1 aromatic carbocycles. The Kier molecular flexibility index (Phi) is 5.42. The number of amides is 2. The van der Waals surface area contributed by atoms with Crippen LogP contribution in [-0.2, 0) is 9.59 Å². The van der Waals surface area contributed by atoms with E-state index >= 15 is 0 Å². The first-order chi connectivity index (χ1) is 10.9. The van der Waals surface area contributed by atoms with Crippen LogP contribution in [0.1, 0.15) is 30.4 Å². The van der Waals surface area contributed by atoms with E-state index in [9.17, 15) is 9.59 Å². The van der Waals surface area contributed by atoms with Crippen molar-refractivity contribution in [2.24, 2.45) is 5.41 Å². The molecular formula is C18H27N3O2. The van der Waals surface area contributed by atoms with Crippen molar-refractivity contribution in [3.63, 3.8) is 0 Å². The van der Waals surface area contributed by atoms with E-state index in [4.69, 9.17) is 0 Å². The minimum atomic E-state index is -0.867. The summed E-state index contributed by atoms with van der Waals surface area (Å²) in [6.45, 7) is 5.51. The highest BCUT2D eigenvalue weighted by Gasteiger charge is 2.56. The molecule has 0 saturated heterocycles. The zero-order chi connectivity index (χ0) is 17.0. The van der Waals surface area contributed by atoms with Gasteiger partial charge in [0.05, 0.1) is 0 Å². The number of anilines is 1. The van der Waals surface area contributed by atoms with E-state index < -0.39 is 5.41 Å². The number of rotatable bonds is 7. The van der Waals surface area contributed by atoms with Gasteiger partial charge in [-0.25, -0.2) is 0 Å². The molecule has 2 N–H and O–H groups in total. The fourth-order valence-electron chi connectivity index (χ4n) is 2.58. The predicted molar refractivity (Wildman–Crippen MR) is 92.4 cm³/mol. The van der Waals surface area contributed by atoms with E-state index in [0.29, 0.717) is 19.4 Å². The van der Waals surface area contributed by atoms with Gasteiger partial charge in [0, 0.05) is 12.2 Å². The van der Waals surface area contributed by atoms with Crippen LogP contribution < -0.4 is 10.6 Å². The van der Waals surface area contributed by atoms with Crippen LogP contribution in [0.3, 0.4) is 0 Å². The minimum absolute atomic E-state index is 0.140. The Morgan fingerprint density at radius 3 is 2.48 bits per heavy atom. The molecule has 1 saturated carbocycles. The van der Waals surface area contributed by atoms with Crippen molar-refractivity contribution in [3.05, 3.63) is 29.3 Å². The van der Waals surface area contributed by atoms with Crippen LogP contribution in [0, 0.1) is 19.3 Å². The maximum absolute atomic E-state index is 12.6. The molecule has 0 unspecified atom stereocenters. The number of nitrogens with one attached hydrogen (secondary N) is 2. The highest BCUT2D eigenvalue weighted by Crippen LogP contribution is 2.47. The number of aryl methyl sites for hydroxylation is 1. The van der Waals surface area contributed by atoms with Crippen LogP contribution in [0.15, 0.2) is 18.2 Å². The molecule has 0 spiro atoms. The summed E-state index contributed by atoms with van der Waals surface area (Å²) in [6, 6.07) is 5.81. The normalized spacial score (nSPS) is 15.3. The summed E-state index contributed by atoms with van der Waals surface area (Å²) >= 11 is 0. The highest BCUT2D eigenvalue weighted by atomic mass is 16.2. The molecule has 1 aliphatic rings. The number of carbonyl (C=O) groups is 2. The number of benzene rings is 1. The molecule has 2 rings (SSSR count). The number of nitrogens with zero attached hydrogens (tertiary/aromatic N) is 1. The molecule has 0 radical (unpaired) electrons. The molecule has 2 amide bonds. The maximum atomic E-state index is 12.6. The quantitative estimate of drug-likeness (QED) is 0.598. The van der Waals surface area contributed by atoms with Crippen molar-refractivity contribution < 1.29 is 9.59 Å². The summed E-state index contributed by atoms with van der Waals surface area (Å²) in [5.74, 6) is -0.324. The second-order valence-corrected chi connectivity index (χ2v) is 6.70. The van der Waals surface area contributed by atoms with Crippen molar-refractivity contribution >= 4 is 17.5 Å². The first kappa shape index (κ1) is 17.5. The topological polar surface area (TPSA) is 61.4 Å². The summed E-state index contributed by atoms with van der Waals surface area (Å²) in [4.78, 5) is 27.0. The van der Waals surface area contributed by atoms with Crippen LogP contribution in [-0.4, -0.2) is 43.9 Å². The SMILES string of the molecule is Cc1cccc(NC(=O)C2(C(=O)NCCCN(C)C)CC2)c1C. The van der Waals surface area contributed by atoms with Gasteiger partial charge in [-0.3, -0.25) is 9.59 Å². The number of carbonyl (C=O) groups excluding carboxylic acids is 2. The van der Waals surface area contributed by atoms with Crippen LogP contribution in [0.25, 0.3) is 0 Å². The van der Waals surface area contributed by atoms with Gasteiger partial charge in [0.15, 0.2) is 0 Å². The van der Waals surface area contributed by atoms with Crippen LogP contribution in [0.4, 0.5) is 5.69 Å². The first-order valence-electron chi connectivity index (χ1n) is 8.17. The lowest BCUT2D eigenvalue weighted by molar-refractivity contribution is -0.134. The Balaban J connectivity index is 1.93. The third-order valence-corrected chi connectivity index (χ3v) is 4.54.